The minimum atomic E-state index is -0.465. The molecule has 1 aromatic heterocycles. The molecule has 25 heavy (non-hydrogen) atoms. The lowest BCUT2D eigenvalue weighted by Gasteiger charge is -2.32. The van der Waals surface area contributed by atoms with E-state index in [1.807, 2.05) is 25.1 Å². The summed E-state index contributed by atoms with van der Waals surface area (Å²) in [5.41, 5.74) is 2.00. The molecule has 1 saturated heterocycles. The summed E-state index contributed by atoms with van der Waals surface area (Å²) in [6.45, 7) is 7.52. The second kappa shape index (κ2) is 7.51. The third-order valence-corrected chi connectivity index (χ3v) is 4.85. The summed E-state index contributed by atoms with van der Waals surface area (Å²) in [7, 11) is 2.12. The summed E-state index contributed by atoms with van der Waals surface area (Å²) in [5.74, 6) is 0. The number of pyridine rings is 1. The van der Waals surface area contributed by atoms with Gasteiger partial charge in [-0.25, -0.2) is 4.98 Å². The number of benzene rings is 1. The van der Waals surface area contributed by atoms with E-state index in [2.05, 4.69) is 27.1 Å². The van der Waals surface area contributed by atoms with E-state index in [0.717, 1.165) is 43.7 Å². The zero-order chi connectivity index (χ0) is 18.0. The quantitative estimate of drug-likeness (QED) is 0.500. The number of hydrogen-bond acceptors (Lipinski definition) is 6. The number of rotatable bonds is 5. The minimum absolute atomic E-state index is 0.0785. The van der Waals surface area contributed by atoms with Crippen LogP contribution in [0.25, 0.3) is 10.9 Å². The van der Waals surface area contributed by atoms with Crippen molar-refractivity contribution in [2.75, 3.05) is 51.6 Å². The van der Waals surface area contributed by atoms with Crippen molar-refractivity contribution < 1.29 is 4.92 Å². The molecule has 3 rings (SSSR count). The molecule has 0 spiro atoms. The van der Waals surface area contributed by atoms with Gasteiger partial charge in [0, 0.05) is 44.7 Å². The molecule has 0 saturated carbocycles. The summed E-state index contributed by atoms with van der Waals surface area (Å²) >= 11 is 6.09. The van der Waals surface area contributed by atoms with Crippen molar-refractivity contribution in [3.8, 4) is 0 Å². The van der Waals surface area contributed by atoms with Gasteiger partial charge in [0.25, 0.3) is 0 Å². The molecule has 8 heteroatoms. The molecule has 1 aliphatic heterocycles. The first-order valence-electron chi connectivity index (χ1n) is 8.34. The van der Waals surface area contributed by atoms with E-state index in [0.29, 0.717) is 17.7 Å². The van der Waals surface area contributed by atoms with Crippen LogP contribution < -0.4 is 5.32 Å². The highest BCUT2D eigenvalue weighted by Crippen LogP contribution is 2.37. The SMILES string of the molecule is Cc1ccc2c(NCCN3CCN(C)CC3)c([N+](=O)[O-])c(Cl)nc2c1. The van der Waals surface area contributed by atoms with Crippen LogP contribution in [0, 0.1) is 17.0 Å². The molecule has 2 heterocycles. The Morgan fingerprint density at radius 3 is 2.72 bits per heavy atom. The average Bonchev–Trinajstić information content (AvgIpc) is 2.55. The number of hydrogen-bond donors (Lipinski definition) is 1. The van der Waals surface area contributed by atoms with Crippen LogP contribution in [0.3, 0.4) is 0 Å². The summed E-state index contributed by atoms with van der Waals surface area (Å²) in [5, 5.41) is 15.4. The highest BCUT2D eigenvalue weighted by Gasteiger charge is 2.24. The Bertz CT molecular complexity index is 790. The molecule has 0 atom stereocenters. The second-order valence-corrected chi connectivity index (χ2v) is 6.83. The van der Waals surface area contributed by atoms with Crippen LogP contribution >= 0.6 is 11.6 Å². The van der Waals surface area contributed by atoms with Crippen LogP contribution in [-0.2, 0) is 0 Å². The van der Waals surface area contributed by atoms with Crippen molar-refractivity contribution in [1.29, 1.82) is 0 Å². The first-order valence-corrected chi connectivity index (χ1v) is 8.72. The summed E-state index contributed by atoms with van der Waals surface area (Å²) in [4.78, 5) is 19.9. The molecule has 0 radical (unpaired) electrons. The third-order valence-electron chi connectivity index (χ3n) is 4.58. The maximum Gasteiger partial charge on any atom is 0.329 e. The van der Waals surface area contributed by atoms with Crippen LogP contribution in [0.15, 0.2) is 18.2 Å². The fourth-order valence-electron chi connectivity index (χ4n) is 3.09. The lowest BCUT2D eigenvalue weighted by atomic mass is 10.1. The van der Waals surface area contributed by atoms with Gasteiger partial charge in [-0.15, -0.1) is 0 Å². The van der Waals surface area contributed by atoms with E-state index in [1.165, 1.54) is 0 Å². The number of fused-ring (bicyclic) bond motifs is 1. The predicted octanol–water partition coefficient (Wildman–Crippen LogP) is 2.76. The lowest BCUT2D eigenvalue weighted by molar-refractivity contribution is -0.384. The van der Waals surface area contributed by atoms with Gasteiger partial charge in [-0.1, -0.05) is 23.7 Å². The Kier molecular flexibility index (Phi) is 5.36. The largest absolute Gasteiger partial charge is 0.378 e. The van der Waals surface area contributed by atoms with Crippen molar-refractivity contribution in [3.05, 3.63) is 39.0 Å². The Hall–Kier alpha value is -1.96. The number of nitrogens with one attached hydrogen (secondary N) is 1. The van der Waals surface area contributed by atoms with Crippen LogP contribution in [0.1, 0.15) is 5.56 Å². The number of likely N-dealkylation sites (N-methyl/N-ethyl adjacent to an activating group) is 1. The van der Waals surface area contributed by atoms with Gasteiger partial charge in [-0.2, -0.15) is 0 Å². The molecule has 0 unspecified atom stereocenters. The van der Waals surface area contributed by atoms with Gasteiger partial charge in [0.15, 0.2) is 0 Å². The van der Waals surface area contributed by atoms with Crippen molar-refractivity contribution in [3.63, 3.8) is 0 Å². The van der Waals surface area contributed by atoms with E-state index in [1.54, 1.807) is 0 Å². The van der Waals surface area contributed by atoms with E-state index in [4.69, 9.17) is 11.6 Å². The summed E-state index contributed by atoms with van der Waals surface area (Å²) in [6.07, 6.45) is 0. The first kappa shape index (κ1) is 17.8. The number of halogens is 1. The molecule has 0 bridgehead atoms. The zero-order valence-corrected chi connectivity index (χ0v) is 15.2. The Balaban J connectivity index is 1.83. The molecule has 1 N–H and O–H groups in total. The van der Waals surface area contributed by atoms with Crippen molar-refractivity contribution >= 4 is 33.9 Å². The average molecular weight is 364 g/mol. The molecule has 0 aliphatic carbocycles. The smallest absolute Gasteiger partial charge is 0.329 e. The Labute approximate surface area is 151 Å². The van der Waals surface area contributed by atoms with E-state index in [-0.39, 0.29) is 10.8 Å². The van der Waals surface area contributed by atoms with Gasteiger partial charge in [0.1, 0.15) is 5.69 Å². The number of piperazine rings is 1. The van der Waals surface area contributed by atoms with Gasteiger partial charge in [0.05, 0.1) is 10.4 Å². The number of anilines is 1. The van der Waals surface area contributed by atoms with Crippen molar-refractivity contribution in [2.24, 2.45) is 0 Å². The second-order valence-electron chi connectivity index (χ2n) is 6.48. The molecule has 7 nitrogen and oxygen atoms in total. The van der Waals surface area contributed by atoms with Gasteiger partial charge < -0.3 is 10.2 Å². The fourth-order valence-corrected chi connectivity index (χ4v) is 3.35. The van der Waals surface area contributed by atoms with Crippen LogP contribution in [0.2, 0.25) is 5.15 Å². The Morgan fingerprint density at radius 2 is 2.04 bits per heavy atom. The highest BCUT2D eigenvalue weighted by molar-refractivity contribution is 6.33. The topological polar surface area (TPSA) is 74.5 Å². The van der Waals surface area contributed by atoms with Gasteiger partial charge >= 0.3 is 5.69 Å². The van der Waals surface area contributed by atoms with Gasteiger partial charge in [0.2, 0.25) is 5.15 Å². The lowest BCUT2D eigenvalue weighted by Crippen LogP contribution is -2.45. The molecule has 1 fully saturated rings. The van der Waals surface area contributed by atoms with Gasteiger partial charge in [-0.3, -0.25) is 15.0 Å². The Morgan fingerprint density at radius 1 is 1.32 bits per heavy atom. The molecular weight excluding hydrogens is 342 g/mol. The minimum Gasteiger partial charge on any atom is -0.378 e. The molecular formula is C17H22ClN5O2. The number of aryl methyl sites for hydroxylation is 1. The zero-order valence-electron chi connectivity index (χ0n) is 14.5. The number of nitro groups is 1. The van der Waals surface area contributed by atoms with Crippen LogP contribution in [-0.4, -0.2) is 66.0 Å². The maximum atomic E-state index is 11.5. The molecule has 134 valence electrons. The highest BCUT2D eigenvalue weighted by atomic mass is 35.5. The van der Waals surface area contributed by atoms with Crippen molar-refractivity contribution in [1.82, 2.24) is 14.8 Å². The van der Waals surface area contributed by atoms with E-state index < -0.39 is 4.92 Å². The molecule has 1 aliphatic rings. The van der Waals surface area contributed by atoms with E-state index in [9.17, 15) is 10.1 Å². The molecule has 1 aromatic carbocycles. The normalized spacial score (nSPS) is 16.3. The molecule has 2 aromatic rings. The fraction of sp³-hybridized carbons (Fsp3) is 0.471. The maximum absolute atomic E-state index is 11.5. The summed E-state index contributed by atoms with van der Waals surface area (Å²) in [6, 6.07) is 5.67. The van der Waals surface area contributed by atoms with Crippen molar-refractivity contribution in [2.45, 2.75) is 6.92 Å². The summed E-state index contributed by atoms with van der Waals surface area (Å²) < 4.78 is 0. The predicted molar refractivity (Wildman–Crippen MR) is 101 cm³/mol. The number of aromatic nitrogens is 1. The number of nitrogens with zero attached hydrogens (tertiary/aromatic N) is 4. The van der Waals surface area contributed by atoms with Crippen LogP contribution in [0.4, 0.5) is 11.4 Å². The standard InChI is InChI=1S/C17H22ClN5O2/c1-12-3-4-13-14(11-12)20-17(18)16(23(24)25)15(13)19-5-6-22-9-7-21(2)8-10-22/h3-4,11H,5-10H2,1-2H3,(H,19,20). The molecule has 0 amide bonds. The van der Waals surface area contributed by atoms with E-state index >= 15 is 0 Å². The first-order chi connectivity index (χ1) is 12.0. The monoisotopic (exact) mass is 363 g/mol. The van der Waals surface area contributed by atoms with Gasteiger partial charge in [-0.05, 0) is 25.6 Å². The van der Waals surface area contributed by atoms with Crippen LogP contribution in [0.5, 0.6) is 0 Å². The third kappa shape index (κ3) is 4.00.